The number of anilines is 2. The topological polar surface area (TPSA) is 93.1 Å². The second-order valence-corrected chi connectivity index (χ2v) is 6.29. The Labute approximate surface area is 123 Å². The van der Waals surface area contributed by atoms with Crippen LogP contribution >= 0.6 is 0 Å². The van der Waals surface area contributed by atoms with Crippen molar-refractivity contribution in [3.63, 3.8) is 0 Å². The van der Waals surface area contributed by atoms with Crippen molar-refractivity contribution in [3.05, 3.63) is 36.0 Å². The van der Waals surface area contributed by atoms with Gasteiger partial charge < -0.3 is 5.32 Å². The predicted octanol–water partition coefficient (Wildman–Crippen LogP) is 1.49. The quantitative estimate of drug-likeness (QED) is 0.895. The van der Waals surface area contributed by atoms with E-state index in [0.29, 0.717) is 11.5 Å². The maximum Gasteiger partial charge on any atom is 0.263 e. The Kier molecular flexibility index (Phi) is 3.99. The van der Waals surface area contributed by atoms with E-state index in [4.69, 9.17) is 0 Å². The molecule has 1 heterocycles. The van der Waals surface area contributed by atoms with Crippen molar-refractivity contribution >= 4 is 27.4 Å². The molecule has 0 radical (unpaired) electrons. The second-order valence-electron chi connectivity index (χ2n) is 4.61. The van der Waals surface area contributed by atoms with Gasteiger partial charge in [0.25, 0.3) is 10.0 Å². The molecule has 0 atom stereocenters. The predicted molar refractivity (Wildman–Crippen MR) is 79.5 cm³/mol. The Morgan fingerprint density at radius 1 is 1.24 bits per heavy atom. The molecule has 0 saturated heterocycles. The van der Waals surface area contributed by atoms with Crippen LogP contribution in [0.1, 0.15) is 12.6 Å². The van der Waals surface area contributed by atoms with E-state index in [1.807, 2.05) is 0 Å². The molecule has 2 N–H and O–H groups in total. The monoisotopic (exact) mass is 308 g/mol. The number of rotatable bonds is 4. The van der Waals surface area contributed by atoms with E-state index in [1.165, 1.54) is 35.9 Å². The third-order valence-corrected chi connectivity index (χ3v) is 4.10. The number of hydrogen-bond donors (Lipinski definition) is 2. The highest BCUT2D eigenvalue weighted by atomic mass is 32.2. The molecule has 21 heavy (non-hydrogen) atoms. The van der Waals surface area contributed by atoms with Crippen LogP contribution in [0.15, 0.2) is 35.2 Å². The van der Waals surface area contributed by atoms with Crippen LogP contribution in [0.4, 0.5) is 11.5 Å². The van der Waals surface area contributed by atoms with Crippen LogP contribution in [-0.2, 0) is 21.9 Å². The fourth-order valence-corrected chi connectivity index (χ4v) is 2.90. The zero-order valence-corrected chi connectivity index (χ0v) is 12.7. The van der Waals surface area contributed by atoms with Crippen molar-refractivity contribution in [1.29, 1.82) is 0 Å². The van der Waals surface area contributed by atoms with Crippen LogP contribution in [0.25, 0.3) is 0 Å². The molecule has 0 unspecified atom stereocenters. The lowest BCUT2D eigenvalue weighted by molar-refractivity contribution is -0.114. The smallest absolute Gasteiger partial charge is 0.263 e. The van der Waals surface area contributed by atoms with Crippen molar-refractivity contribution in [3.8, 4) is 0 Å². The SMILES string of the molecule is CC(=O)Nc1ccc(S(=O)(=O)Nc2cc(C)nn2C)cc1. The van der Waals surface area contributed by atoms with Gasteiger partial charge in [-0.2, -0.15) is 5.10 Å². The van der Waals surface area contributed by atoms with Gasteiger partial charge in [-0.25, -0.2) is 8.42 Å². The first-order valence-corrected chi connectivity index (χ1v) is 7.67. The number of aromatic nitrogens is 2. The first-order chi connectivity index (χ1) is 9.78. The van der Waals surface area contributed by atoms with Gasteiger partial charge in [0, 0.05) is 25.7 Å². The molecule has 1 aromatic heterocycles. The molecule has 8 heteroatoms. The lowest BCUT2D eigenvalue weighted by Gasteiger charge is -2.09. The Bertz CT molecular complexity index is 763. The van der Waals surface area contributed by atoms with Crippen LogP contribution in [0.2, 0.25) is 0 Å². The molecule has 0 aliphatic rings. The van der Waals surface area contributed by atoms with Crippen molar-refractivity contribution in [2.75, 3.05) is 10.0 Å². The fraction of sp³-hybridized carbons (Fsp3) is 0.231. The fourth-order valence-electron chi connectivity index (χ4n) is 1.82. The minimum absolute atomic E-state index is 0.107. The van der Waals surface area contributed by atoms with Crippen molar-refractivity contribution < 1.29 is 13.2 Å². The molecule has 0 fully saturated rings. The van der Waals surface area contributed by atoms with E-state index >= 15 is 0 Å². The van der Waals surface area contributed by atoms with Crippen LogP contribution in [0, 0.1) is 6.92 Å². The number of carbonyl (C=O) groups is 1. The van der Waals surface area contributed by atoms with Gasteiger partial charge in [-0.15, -0.1) is 0 Å². The summed E-state index contributed by atoms with van der Waals surface area (Å²) in [4.78, 5) is 11.0. The minimum atomic E-state index is -3.69. The van der Waals surface area contributed by atoms with Gasteiger partial charge in [0.2, 0.25) is 5.91 Å². The van der Waals surface area contributed by atoms with Crippen LogP contribution < -0.4 is 10.0 Å². The Morgan fingerprint density at radius 2 is 1.86 bits per heavy atom. The van der Waals surface area contributed by atoms with E-state index in [2.05, 4.69) is 15.1 Å². The normalized spacial score (nSPS) is 11.2. The van der Waals surface area contributed by atoms with Gasteiger partial charge in [0.15, 0.2) is 0 Å². The van der Waals surface area contributed by atoms with E-state index in [1.54, 1.807) is 20.0 Å². The Morgan fingerprint density at radius 3 is 2.33 bits per heavy atom. The molecule has 0 bridgehead atoms. The first-order valence-electron chi connectivity index (χ1n) is 6.19. The molecule has 0 aliphatic carbocycles. The van der Waals surface area contributed by atoms with Crippen LogP contribution in [-0.4, -0.2) is 24.1 Å². The zero-order chi connectivity index (χ0) is 15.6. The summed E-state index contributed by atoms with van der Waals surface area (Å²) < 4.78 is 28.4. The van der Waals surface area contributed by atoms with Gasteiger partial charge in [-0.1, -0.05) is 0 Å². The third-order valence-electron chi connectivity index (χ3n) is 2.73. The number of nitrogens with one attached hydrogen (secondary N) is 2. The minimum Gasteiger partial charge on any atom is -0.326 e. The average molecular weight is 308 g/mol. The summed E-state index contributed by atoms with van der Waals surface area (Å²) >= 11 is 0. The number of aryl methyl sites for hydroxylation is 2. The standard InChI is InChI=1S/C13H16N4O3S/c1-9-8-13(17(3)15-9)16-21(19,20)12-6-4-11(5-7-12)14-10(2)18/h4-8,16H,1-3H3,(H,14,18). The molecular formula is C13H16N4O3S. The summed E-state index contributed by atoms with van der Waals surface area (Å²) in [6.45, 7) is 3.16. The van der Waals surface area contributed by atoms with E-state index in [9.17, 15) is 13.2 Å². The van der Waals surface area contributed by atoms with Gasteiger partial charge >= 0.3 is 0 Å². The highest BCUT2D eigenvalue weighted by Crippen LogP contribution is 2.18. The molecule has 0 saturated carbocycles. The van der Waals surface area contributed by atoms with E-state index < -0.39 is 10.0 Å². The number of nitrogens with zero attached hydrogens (tertiary/aromatic N) is 2. The number of sulfonamides is 1. The molecule has 2 aromatic rings. The summed E-state index contributed by atoms with van der Waals surface area (Å²) in [5.41, 5.74) is 1.26. The number of benzene rings is 1. The van der Waals surface area contributed by atoms with Crippen LogP contribution in [0.5, 0.6) is 0 Å². The Balaban J connectivity index is 2.23. The third kappa shape index (κ3) is 3.60. The number of hydrogen-bond acceptors (Lipinski definition) is 4. The average Bonchev–Trinajstić information content (AvgIpc) is 2.67. The molecular weight excluding hydrogens is 292 g/mol. The second kappa shape index (κ2) is 5.57. The summed E-state index contributed by atoms with van der Waals surface area (Å²) in [6, 6.07) is 7.56. The molecule has 1 amide bonds. The highest BCUT2D eigenvalue weighted by Gasteiger charge is 2.16. The van der Waals surface area contributed by atoms with Crippen LogP contribution in [0.3, 0.4) is 0 Å². The zero-order valence-electron chi connectivity index (χ0n) is 11.9. The molecule has 112 valence electrons. The van der Waals surface area contributed by atoms with Gasteiger partial charge in [0.05, 0.1) is 10.6 Å². The van der Waals surface area contributed by atoms with Gasteiger partial charge in [-0.05, 0) is 31.2 Å². The first kappa shape index (κ1) is 15.0. The lowest BCUT2D eigenvalue weighted by atomic mass is 10.3. The van der Waals surface area contributed by atoms with Crippen molar-refractivity contribution in [1.82, 2.24) is 9.78 Å². The highest BCUT2D eigenvalue weighted by molar-refractivity contribution is 7.92. The number of amides is 1. The summed E-state index contributed by atoms with van der Waals surface area (Å²) in [7, 11) is -2.03. The Hall–Kier alpha value is -2.35. The van der Waals surface area contributed by atoms with E-state index in [0.717, 1.165) is 5.69 Å². The molecule has 0 spiro atoms. The van der Waals surface area contributed by atoms with Crippen molar-refractivity contribution in [2.24, 2.45) is 7.05 Å². The van der Waals surface area contributed by atoms with Gasteiger partial charge in [-0.3, -0.25) is 14.2 Å². The summed E-state index contributed by atoms with van der Waals surface area (Å²) in [5, 5.41) is 6.66. The largest absolute Gasteiger partial charge is 0.326 e. The summed E-state index contributed by atoms with van der Waals surface area (Å²) in [5.74, 6) is 0.174. The van der Waals surface area contributed by atoms with Gasteiger partial charge in [0.1, 0.15) is 5.82 Å². The maximum absolute atomic E-state index is 12.3. The molecule has 2 rings (SSSR count). The van der Waals surface area contributed by atoms with Crippen molar-refractivity contribution in [2.45, 2.75) is 18.7 Å². The maximum atomic E-state index is 12.3. The molecule has 0 aliphatic heterocycles. The number of carbonyl (C=O) groups excluding carboxylic acids is 1. The molecule has 7 nitrogen and oxygen atoms in total. The van der Waals surface area contributed by atoms with E-state index in [-0.39, 0.29) is 10.8 Å². The summed E-state index contributed by atoms with van der Waals surface area (Å²) in [6.07, 6.45) is 0. The molecule has 1 aromatic carbocycles. The lowest BCUT2D eigenvalue weighted by Crippen LogP contribution is -2.15.